The summed E-state index contributed by atoms with van der Waals surface area (Å²) >= 11 is 0. The molecule has 2 aliphatic carbocycles. The minimum atomic E-state index is -1.59. The van der Waals surface area contributed by atoms with E-state index in [1.54, 1.807) is 0 Å². The molecule has 2 atom stereocenters. The highest BCUT2D eigenvalue weighted by molar-refractivity contribution is 6.26. The number of hydrogen-bond donors (Lipinski definition) is 4. The number of phenols is 2. The van der Waals surface area contributed by atoms with E-state index in [1.807, 2.05) is 23.1 Å². The minimum Gasteiger partial charge on any atom is -0.507 e. The van der Waals surface area contributed by atoms with E-state index in [2.05, 4.69) is 12.1 Å². The van der Waals surface area contributed by atoms with E-state index in [9.17, 15) is 30.0 Å². The number of nitrogens with zero attached hydrogens (tertiary/aromatic N) is 1. The predicted molar refractivity (Wildman–Crippen MR) is 125 cm³/mol. The summed E-state index contributed by atoms with van der Waals surface area (Å²) in [5.41, 5.74) is -1.77. The van der Waals surface area contributed by atoms with E-state index in [-0.39, 0.29) is 40.8 Å². The lowest BCUT2D eigenvalue weighted by Gasteiger charge is -2.44. The molecule has 7 heteroatoms. The largest absolute Gasteiger partial charge is 0.507 e. The highest BCUT2D eigenvalue weighted by Crippen LogP contribution is 2.48. The summed E-state index contributed by atoms with van der Waals surface area (Å²) in [5, 5.41) is 43.4. The lowest BCUT2D eigenvalue weighted by atomic mass is 9.69. The number of benzene rings is 2. The number of hydrogen-bond acceptors (Lipinski definition) is 7. The minimum absolute atomic E-state index is 0.160. The second-order valence-corrected chi connectivity index (χ2v) is 10.2. The first kappa shape index (κ1) is 22.6. The summed E-state index contributed by atoms with van der Waals surface area (Å²) in [6.07, 6.45) is 2.58. The molecule has 178 valence electrons. The van der Waals surface area contributed by atoms with E-state index in [0.717, 1.165) is 12.8 Å². The van der Waals surface area contributed by atoms with Crippen molar-refractivity contribution in [3.8, 4) is 11.5 Å². The summed E-state index contributed by atoms with van der Waals surface area (Å²) in [5.74, 6) is -1.50. The van der Waals surface area contributed by atoms with Crippen molar-refractivity contribution in [3.63, 3.8) is 0 Å². The molecule has 3 aliphatic rings. The number of rotatable bonds is 2. The van der Waals surface area contributed by atoms with Crippen molar-refractivity contribution in [2.75, 3.05) is 13.1 Å². The Balaban J connectivity index is 1.48. The number of carbonyl (C=O) groups is 2. The number of carbonyl (C=O) groups excluding carboxylic acids is 2. The Hall–Kier alpha value is -3.16. The van der Waals surface area contributed by atoms with Crippen LogP contribution in [0.2, 0.25) is 0 Å². The summed E-state index contributed by atoms with van der Waals surface area (Å²) in [7, 11) is 0. The lowest BCUT2D eigenvalue weighted by molar-refractivity contribution is -0.135. The second kappa shape index (κ2) is 7.68. The van der Waals surface area contributed by atoms with Gasteiger partial charge in [0.15, 0.2) is 5.78 Å². The molecule has 0 saturated carbocycles. The monoisotopic (exact) mass is 463 g/mol. The van der Waals surface area contributed by atoms with Crippen LogP contribution in [0.1, 0.15) is 70.0 Å². The third-order valence-electron chi connectivity index (χ3n) is 7.94. The van der Waals surface area contributed by atoms with Gasteiger partial charge in [-0.2, -0.15) is 0 Å². The molecule has 0 spiro atoms. The maximum Gasteiger partial charge on any atom is 0.213 e. The lowest BCUT2D eigenvalue weighted by Crippen LogP contribution is -2.55. The zero-order valence-electron chi connectivity index (χ0n) is 19.3. The predicted octanol–water partition coefficient (Wildman–Crippen LogP) is 2.84. The Labute approximate surface area is 198 Å². The van der Waals surface area contributed by atoms with Gasteiger partial charge in [0.1, 0.15) is 11.5 Å². The van der Waals surface area contributed by atoms with Crippen molar-refractivity contribution in [2.45, 2.75) is 56.7 Å². The van der Waals surface area contributed by atoms with Gasteiger partial charge in [0, 0.05) is 43.1 Å². The number of aromatic hydroxyl groups is 2. The van der Waals surface area contributed by atoms with Gasteiger partial charge in [0.25, 0.3) is 0 Å². The fourth-order valence-electron chi connectivity index (χ4n) is 5.54. The van der Waals surface area contributed by atoms with E-state index < -0.39 is 34.3 Å². The third kappa shape index (κ3) is 3.34. The molecule has 0 amide bonds. The van der Waals surface area contributed by atoms with Crippen LogP contribution < -0.4 is 0 Å². The molecule has 1 aliphatic heterocycles. The smallest absolute Gasteiger partial charge is 0.213 e. The molecule has 1 heterocycles. The van der Waals surface area contributed by atoms with Gasteiger partial charge in [-0.1, -0.05) is 30.3 Å². The molecule has 4 N–H and O–H groups in total. The second-order valence-electron chi connectivity index (χ2n) is 10.2. The van der Waals surface area contributed by atoms with Gasteiger partial charge in [0.05, 0.1) is 28.0 Å². The molecular weight excluding hydrogens is 434 g/mol. The zero-order chi connectivity index (χ0) is 24.4. The first-order chi connectivity index (χ1) is 16.0. The van der Waals surface area contributed by atoms with Crippen LogP contribution >= 0.6 is 0 Å². The Bertz CT molecular complexity index is 1220. The van der Waals surface area contributed by atoms with Gasteiger partial charge in [-0.25, -0.2) is 0 Å². The van der Waals surface area contributed by atoms with Crippen molar-refractivity contribution >= 4 is 11.6 Å². The fraction of sp³-hybridized carbons (Fsp3) is 0.407. The number of aliphatic hydroxyl groups is 2. The fourth-order valence-corrected chi connectivity index (χ4v) is 5.54. The molecule has 5 rings (SSSR count). The van der Waals surface area contributed by atoms with Crippen molar-refractivity contribution < 1.29 is 30.0 Å². The van der Waals surface area contributed by atoms with Crippen LogP contribution in [0.4, 0.5) is 0 Å². The molecule has 1 fully saturated rings. The van der Waals surface area contributed by atoms with Crippen LogP contribution in [0.3, 0.4) is 0 Å². The van der Waals surface area contributed by atoms with Crippen LogP contribution in [-0.2, 0) is 12.8 Å². The molecule has 34 heavy (non-hydrogen) atoms. The number of fused-ring (bicyclic) bond motifs is 2. The van der Waals surface area contributed by atoms with E-state index >= 15 is 0 Å². The summed E-state index contributed by atoms with van der Waals surface area (Å²) < 4.78 is 0. The zero-order valence-corrected chi connectivity index (χ0v) is 19.3. The quantitative estimate of drug-likeness (QED) is 0.506. The van der Waals surface area contributed by atoms with Crippen molar-refractivity contribution in [1.82, 2.24) is 4.90 Å². The Morgan fingerprint density at radius 3 is 1.94 bits per heavy atom. The number of Topliss-reactive ketones (excluding diaryl/α,β-unsaturated/α-hetero) is 1. The van der Waals surface area contributed by atoms with Gasteiger partial charge in [-0.15, -0.1) is 0 Å². The molecular formula is C27H29NO6. The summed E-state index contributed by atoms with van der Waals surface area (Å²) in [6.45, 7) is 4.07. The van der Waals surface area contributed by atoms with Crippen molar-refractivity contribution in [3.05, 3.63) is 69.9 Å². The molecule has 2 aromatic carbocycles. The van der Waals surface area contributed by atoms with Gasteiger partial charge in [-0.3, -0.25) is 9.59 Å². The number of allylic oxidation sites excluding steroid dienone is 2. The number of ketones is 2. The van der Waals surface area contributed by atoms with Gasteiger partial charge in [0.2, 0.25) is 5.78 Å². The maximum absolute atomic E-state index is 13.5. The Kier molecular flexibility index (Phi) is 5.11. The van der Waals surface area contributed by atoms with Crippen LogP contribution in [0.25, 0.3) is 0 Å². The van der Waals surface area contributed by atoms with E-state index in [4.69, 9.17) is 0 Å². The van der Waals surface area contributed by atoms with Crippen molar-refractivity contribution in [2.24, 2.45) is 0 Å². The molecule has 2 aromatic rings. The molecule has 0 radical (unpaired) electrons. The van der Waals surface area contributed by atoms with Gasteiger partial charge in [-0.05, 0) is 38.2 Å². The normalized spacial score (nSPS) is 27.3. The highest BCUT2D eigenvalue weighted by Gasteiger charge is 2.49. The Morgan fingerprint density at radius 1 is 0.853 bits per heavy atom. The first-order valence-corrected chi connectivity index (χ1v) is 11.7. The van der Waals surface area contributed by atoms with Gasteiger partial charge >= 0.3 is 0 Å². The first-order valence-electron chi connectivity index (χ1n) is 11.7. The summed E-state index contributed by atoms with van der Waals surface area (Å²) in [4.78, 5) is 28.5. The molecule has 0 unspecified atom stereocenters. The maximum atomic E-state index is 13.5. The SMILES string of the molecule is C[C@]1(O)Cc2c(O)c3c(c(O)c2C[C@@]1(C)O)C(=O)C=C(N1CCC(c2ccccc2)CC1)C3=O. The standard InChI is InChI=1S/C27H29NO6/c1-26(33)13-17-18(14-27(26,2)34)24(31)22-21(23(17)30)20(29)12-19(25(22)32)28-10-8-16(9-11-28)15-6-4-3-5-7-15/h3-7,12,16,30-31,33-34H,8-11,13-14H2,1-2H3/t26-,27+/m1/s1. The van der Waals surface area contributed by atoms with Gasteiger partial charge < -0.3 is 25.3 Å². The van der Waals surface area contributed by atoms with Crippen LogP contribution in [0, 0.1) is 0 Å². The summed E-state index contributed by atoms with van der Waals surface area (Å²) in [6, 6.07) is 10.2. The molecule has 7 nitrogen and oxygen atoms in total. The highest BCUT2D eigenvalue weighted by atomic mass is 16.4. The van der Waals surface area contributed by atoms with Crippen LogP contribution in [0.15, 0.2) is 42.1 Å². The van der Waals surface area contributed by atoms with Crippen molar-refractivity contribution in [1.29, 1.82) is 0 Å². The molecule has 0 aromatic heterocycles. The van der Waals surface area contributed by atoms with E-state index in [0.29, 0.717) is 19.0 Å². The number of phenolic OH excluding ortho intramolecular Hbond substituents is 2. The molecule has 0 bridgehead atoms. The van der Waals surface area contributed by atoms with E-state index in [1.165, 1.54) is 25.5 Å². The van der Waals surface area contributed by atoms with Crippen LogP contribution in [-0.4, -0.2) is 61.2 Å². The number of piperidine rings is 1. The Morgan fingerprint density at radius 2 is 1.38 bits per heavy atom. The topological polar surface area (TPSA) is 118 Å². The van der Waals surface area contributed by atoms with Crippen LogP contribution in [0.5, 0.6) is 11.5 Å². The molecule has 1 saturated heterocycles. The average Bonchev–Trinajstić information content (AvgIpc) is 2.80. The number of likely N-dealkylation sites (tertiary alicyclic amines) is 1. The third-order valence-corrected chi connectivity index (χ3v) is 7.94. The average molecular weight is 464 g/mol.